The van der Waals surface area contributed by atoms with E-state index in [2.05, 4.69) is 5.32 Å². The SMILES string of the molecule is Cc1ccc2ccccc2c1COc1ccccc1/C=C(\C#N)C(=O)Nc1cccc(C(F)(F)F)c1. The van der Waals surface area contributed by atoms with Gasteiger partial charge in [-0.25, -0.2) is 0 Å². The van der Waals surface area contributed by atoms with Crippen LogP contribution in [0, 0.1) is 18.3 Å². The summed E-state index contributed by atoms with van der Waals surface area (Å²) in [5, 5.41) is 14.1. The van der Waals surface area contributed by atoms with Crippen molar-refractivity contribution >= 4 is 28.4 Å². The van der Waals surface area contributed by atoms with Gasteiger partial charge in [-0.3, -0.25) is 4.79 Å². The highest BCUT2D eigenvalue weighted by atomic mass is 19.4. The molecule has 4 aromatic carbocycles. The molecular formula is C29H21F3N2O2. The number of nitrogens with one attached hydrogen (secondary N) is 1. The molecule has 180 valence electrons. The Kier molecular flexibility index (Phi) is 7.07. The zero-order valence-corrected chi connectivity index (χ0v) is 19.3. The average Bonchev–Trinajstić information content (AvgIpc) is 2.87. The van der Waals surface area contributed by atoms with E-state index in [9.17, 15) is 23.2 Å². The Morgan fingerprint density at radius 1 is 1.00 bits per heavy atom. The first kappa shape index (κ1) is 24.6. The molecule has 0 saturated carbocycles. The highest BCUT2D eigenvalue weighted by Crippen LogP contribution is 2.31. The molecule has 4 rings (SSSR count). The average molecular weight is 486 g/mol. The molecule has 0 aliphatic heterocycles. The van der Waals surface area contributed by atoms with Crippen LogP contribution in [0.3, 0.4) is 0 Å². The maximum Gasteiger partial charge on any atom is 0.416 e. The summed E-state index contributed by atoms with van der Waals surface area (Å²) in [6.07, 6.45) is -3.19. The molecule has 36 heavy (non-hydrogen) atoms. The number of carbonyl (C=O) groups excluding carboxylic acids is 1. The van der Waals surface area contributed by atoms with Crippen LogP contribution in [0.5, 0.6) is 5.75 Å². The number of nitriles is 1. The summed E-state index contributed by atoms with van der Waals surface area (Å²) in [7, 11) is 0. The van der Waals surface area contributed by atoms with Crippen molar-refractivity contribution in [3.63, 3.8) is 0 Å². The zero-order chi connectivity index (χ0) is 25.7. The van der Waals surface area contributed by atoms with Crippen LogP contribution in [0.4, 0.5) is 18.9 Å². The third-order valence-electron chi connectivity index (χ3n) is 5.68. The summed E-state index contributed by atoms with van der Waals surface area (Å²) >= 11 is 0. The normalized spacial score (nSPS) is 11.7. The van der Waals surface area contributed by atoms with E-state index in [1.165, 1.54) is 18.2 Å². The number of ether oxygens (including phenoxy) is 1. The summed E-state index contributed by atoms with van der Waals surface area (Å²) in [4.78, 5) is 12.7. The number of para-hydroxylation sites is 1. The van der Waals surface area contributed by atoms with Crippen molar-refractivity contribution in [2.75, 3.05) is 5.32 Å². The number of benzene rings is 4. The monoisotopic (exact) mass is 486 g/mol. The van der Waals surface area contributed by atoms with Gasteiger partial charge in [-0.15, -0.1) is 0 Å². The van der Waals surface area contributed by atoms with Crippen LogP contribution in [0.1, 0.15) is 22.3 Å². The molecule has 0 radical (unpaired) electrons. The number of alkyl halides is 3. The number of carbonyl (C=O) groups is 1. The number of fused-ring (bicyclic) bond motifs is 1. The topological polar surface area (TPSA) is 62.1 Å². The van der Waals surface area contributed by atoms with Crippen molar-refractivity contribution in [1.82, 2.24) is 0 Å². The van der Waals surface area contributed by atoms with Gasteiger partial charge in [0.15, 0.2) is 0 Å². The number of hydrogen-bond donors (Lipinski definition) is 1. The van der Waals surface area contributed by atoms with Gasteiger partial charge in [-0.05, 0) is 53.6 Å². The summed E-state index contributed by atoms with van der Waals surface area (Å²) in [6, 6.07) is 25.0. The van der Waals surface area contributed by atoms with Gasteiger partial charge in [0.1, 0.15) is 24.0 Å². The smallest absolute Gasteiger partial charge is 0.416 e. The van der Waals surface area contributed by atoms with Gasteiger partial charge in [0.05, 0.1) is 5.56 Å². The number of rotatable bonds is 6. The van der Waals surface area contributed by atoms with Crippen LogP contribution < -0.4 is 10.1 Å². The summed E-state index contributed by atoms with van der Waals surface area (Å²) in [5.41, 5.74) is 1.35. The molecule has 4 nitrogen and oxygen atoms in total. The first-order valence-electron chi connectivity index (χ1n) is 11.1. The van der Waals surface area contributed by atoms with Crippen molar-refractivity contribution in [2.24, 2.45) is 0 Å². The highest BCUT2D eigenvalue weighted by molar-refractivity contribution is 6.09. The molecule has 0 atom stereocenters. The molecule has 4 aromatic rings. The Morgan fingerprint density at radius 3 is 2.53 bits per heavy atom. The Bertz CT molecular complexity index is 1500. The predicted molar refractivity (Wildman–Crippen MR) is 133 cm³/mol. The van der Waals surface area contributed by atoms with Crippen LogP contribution in [-0.2, 0) is 17.6 Å². The van der Waals surface area contributed by atoms with Crippen molar-refractivity contribution < 1.29 is 22.7 Å². The molecule has 0 aromatic heterocycles. The molecule has 7 heteroatoms. The minimum Gasteiger partial charge on any atom is -0.488 e. The fraction of sp³-hybridized carbons (Fsp3) is 0.103. The molecule has 0 aliphatic rings. The highest BCUT2D eigenvalue weighted by Gasteiger charge is 2.30. The van der Waals surface area contributed by atoms with Gasteiger partial charge < -0.3 is 10.1 Å². The molecule has 0 bridgehead atoms. The Balaban J connectivity index is 1.57. The zero-order valence-electron chi connectivity index (χ0n) is 19.3. The lowest BCUT2D eigenvalue weighted by Crippen LogP contribution is -2.14. The standard InChI is InChI=1S/C29H21F3N2O2/c1-19-13-14-20-7-2-4-11-25(20)26(19)18-36-27-12-5-3-8-21(27)15-22(17-33)28(35)34-24-10-6-9-23(16-24)29(30,31)32/h2-16H,18H2,1H3,(H,34,35)/b22-15+. The number of hydrogen-bond acceptors (Lipinski definition) is 3. The number of aryl methyl sites for hydroxylation is 1. The molecule has 0 saturated heterocycles. The van der Waals surface area contributed by atoms with E-state index in [-0.39, 0.29) is 17.9 Å². The summed E-state index contributed by atoms with van der Waals surface area (Å²) < 4.78 is 45.0. The Morgan fingerprint density at radius 2 is 1.75 bits per heavy atom. The van der Waals surface area contributed by atoms with Crippen LogP contribution in [0.25, 0.3) is 16.8 Å². The number of nitrogens with zero attached hydrogens (tertiary/aromatic N) is 1. The fourth-order valence-corrected chi connectivity index (χ4v) is 3.79. The minimum atomic E-state index is -4.55. The predicted octanol–water partition coefficient (Wildman–Crippen LogP) is 7.29. The van der Waals surface area contributed by atoms with Crippen molar-refractivity contribution in [1.29, 1.82) is 5.26 Å². The maximum atomic E-state index is 13.0. The fourth-order valence-electron chi connectivity index (χ4n) is 3.79. The van der Waals surface area contributed by atoms with Crippen molar-refractivity contribution in [2.45, 2.75) is 19.7 Å². The van der Waals surface area contributed by atoms with Crippen LogP contribution in [0.15, 0.2) is 90.5 Å². The van der Waals surface area contributed by atoms with E-state index >= 15 is 0 Å². The largest absolute Gasteiger partial charge is 0.488 e. The van der Waals surface area contributed by atoms with Gasteiger partial charge in [0.2, 0.25) is 0 Å². The lowest BCUT2D eigenvalue weighted by atomic mass is 10.0. The van der Waals surface area contributed by atoms with E-state index in [1.54, 1.807) is 24.3 Å². The van der Waals surface area contributed by atoms with E-state index in [1.807, 2.05) is 49.4 Å². The van der Waals surface area contributed by atoms with E-state index in [0.717, 1.165) is 34.0 Å². The third-order valence-corrected chi connectivity index (χ3v) is 5.68. The van der Waals surface area contributed by atoms with Gasteiger partial charge >= 0.3 is 6.18 Å². The summed E-state index contributed by atoms with van der Waals surface area (Å²) in [6.45, 7) is 2.28. The first-order chi connectivity index (χ1) is 17.3. The van der Waals surface area contributed by atoms with Gasteiger partial charge in [0, 0.05) is 16.8 Å². The number of anilines is 1. The molecule has 1 amide bonds. The maximum absolute atomic E-state index is 13.0. The second-order valence-electron chi connectivity index (χ2n) is 8.11. The molecule has 0 spiro atoms. The number of halogens is 3. The lowest BCUT2D eigenvalue weighted by molar-refractivity contribution is -0.137. The molecular weight excluding hydrogens is 465 g/mol. The van der Waals surface area contributed by atoms with E-state index < -0.39 is 17.6 Å². The third kappa shape index (κ3) is 5.56. The molecule has 0 aliphatic carbocycles. The second kappa shape index (κ2) is 10.4. The van der Waals surface area contributed by atoms with Crippen molar-refractivity contribution in [3.05, 3.63) is 113 Å². The van der Waals surface area contributed by atoms with E-state index in [0.29, 0.717) is 11.3 Å². The minimum absolute atomic E-state index is 0.0630. The van der Waals surface area contributed by atoms with Gasteiger partial charge in [-0.2, -0.15) is 18.4 Å². The van der Waals surface area contributed by atoms with Gasteiger partial charge in [-0.1, -0.05) is 60.7 Å². The number of amides is 1. The van der Waals surface area contributed by atoms with Crippen molar-refractivity contribution in [3.8, 4) is 11.8 Å². The van der Waals surface area contributed by atoms with Crippen LogP contribution >= 0.6 is 0 Å². The molecule has 1 N–H and O–H groups in total. The first-order valence-corrected chi connectivity index (χ1v) is 11.1. The second-order valence-corrected chi connectivity index (χ2v) is 8.11. The van der Waals surface area contributed by atoms with Gasteiger partial charge in [0.25, 0.3) is 5.91 Å². The summed E-state index contributed by atoms with van der Waals surface area (Å²) in [5.74, 6) is -0.360. The molecule has 0 unspecified atom stereocenters. The van der Waals surface area contributed by atoms with E-state index in [4.69, 9.17) is 4.74 Å². The Hall–Kier alpha value is -4.57. The molecule has 0 fully saturated rings. The Labute approximate surface area is 206 Å². The van der Waals surface area contributed by atoms with Crippen LogP contribution in [0.2, 0.25) is 0 Å². The lowest BCUT2D eigenvalue weighted by Gasteiger charge is -2.14. The van der Waals surface area contributed by atoms with Crippen LogP contribution in [-0.4, -0.2) is 5.91 Å². The quantitative estimate of drug-likeness (QED) is 0.230. The molecule has 0 heterocycles.